The molecule has 1 rings (SSSR count). The molecule has 1 fully saturated rings. The minimum Gasteiger partial charge on any atom is -0.465 e. The lowest BCUT2D eigenvalue weighted by atomic mass is 9.83. The molecule has 0 aliphatic heterocycles. The molecule has 16 heavy (non-hydrogen) atoms. The highest BCUT2D eigenvalue weighted by Crippen LogP contribution is 2.38. The quantitative estimate of drug-likeness (QED) is 0.594. The van der Waals surface area contributed by atoms with Crippen molar-refractivity contribution < 1.29 is 9.53 Å². The summed E-state index contributed by atoms with van der Waals surface area (Å²) in [5.41, 5.74) is -0.0884. The van der Waals surface area contributed by atoms with Crippen LogP contribution in [0.2, 0.25) is 0 Å². The lowest BCUT2D eigenvalue weighted by Gasteiger charge is -2.30. The number of carbonyl (C=O) groups excluding carboxylic acids is 1. The number of ether oxygens (including phenoxy) is 1. The zero-order valence-corrected chi connectivity index (χ0v) is 11.1. The van der Waals surface area contributed by atoms with Gasteiger partial charge in [-0.1, -0.05) is 20.3 Å². The van der Waals surface area contributed by atoms with E-state index in [-0.39, 0.29) is 5.97 Å². The summed E-state index contributed by atoms with van der Waals surface area (Å²) in [6, 6.07) is 0. The second-order valence-electron chi connectivity index (χ2n) is 5.57. The second kappa shape index (κ2) is 5.17. The largest absolute Gasteiger partial charge is 0.465 e. The third kappa shape index (κ3) is 2.97. The Hall–Kier alpha value is -0.570. The van der Waals surface area contributed by atoms with Gasteiger partial charge in [-0.25, -0.2) is 0 Å². The predicted molar refractivity (Wildman–Crippen MR) is 65.3 cm³/mol. The Morgan fingerprint density at radius 2 is 1.94 bits per heavy atom. The second-order valence-corrected chi connectivity index (χ2v) is 5.57. The zero-order chi connectivity index (χ0) is 12.2. The SMILES string of the molecule is CCOC(=O)C1(NC)CCCC(C)(C)CC1. The number of likely N-dealkylation sites (N-methyl/N-ethyl adjacent to an activating group) is 1. The van der Waals surface area contributed by atoms with E-state index in [4.69, 9.17) is 4.74 Å². The fourth-order valence-electron chi connectivity index (χ4n) is 2.50. The number of hydrogen-bond acceptors (Lipinski definition) is 3. The molecule has 3 heteroatoms. The molecule has 1 N–H and O–H groups in total. The number of carbonyl (C=O) groups is 1. The Morgan fingerprint density at radius 1 is 1.25 bits per heavy atom. The monoisotopic (exact) mass is 227 g/mol. The van der Waals surface area contributed by atoms with Crippen molar-refractivity contribution in [2.45, 2.75) is 58.4 Å². The smallest absolute Gasteiger partial charge is 0.326 e. The maximum absolute atomic E-state index is 12.0. The first-order valence-corrected chi connectivity index (χ1v) is 6.32. The summed E-state index contributed by atoms with van der Waals surface area (Å²) in [5.74, 6) is -0.0739. The van der Waals surface area contributed by atoms with Gasteiger partial charge in [0.25, 0.3) is 0 Å². The Bertz CT molecular complexity index is 250. The molecule has 0 aromatic carbocycles. The van der Waals surface area contributed by atoms with Gasteiger partial charge in [-0.15, -0.1) is 0 Å². The Balaban J connectivity index is 2.76. The van der Waals surface area contributed by atoms with Gasteiger partial charge in [-0.3, -0.25) is 4.79 Å². The van der Waals surface area contributed by atoms with E-state index in [2.05, 4.69) is 19.2 Å². The summed E-state index contributed by atoms with van der Waals surface area (Å²) in [4.78, 5) is 12.0. The molecule has 1 unspecified atom stereocenters. The highest BCUT2D eigenvalue weighted by atomic mass is 16.5. The van der Waals surface area contributed by atoms with Crippen LogP contribution in [0.3, 0.4) is 0 Å². The lowest BCUT2D eigenvalue weighted by molar-refractivity contribution is -0.151. The molecule has 0 aromatic rings. The molecule has 1 aliphatic carbocycles. The van der Waals surface area contributed by atoms with Crippen LogP contribution in [0, 0.1) is 5.41 Å². The van der Waals surface area contributed by atoms with Crippen molar-refractivity contribution >= 4 is 5.97 Å². The average molecular weight is 227 g/mol. The number of esters is 1. The minimum atomic E-state index is -0.441. The molecule has 0 bridgehead atoms. The first-order chi connectivity index (χ1) is 7.46. The van der Waals surface area contributed by atoms with Crippen LogP contribution in [0.15, 0.2) is 0 Å². The van der Waals surface area contributed by atoms with Gasteiger partial charge in [0.1, 0.15) is 5.54 Å². The maximum Gasteiger partial charge on any atom is 0.326 e. The first kappa shape index (κ1) is 13.5. The van der Waals surface area contributed by atoms with Crippen LogP contribution in [-0.4, -0.2) is 25.2 Å². The summed E-state index contributed by atoms with van der Waals surface area (Å²) < 4.78 is 5.20. The maximum atomic E-state index is 12.0. The molecular formula is C13H25NO2. The zero-order valence-electron chi connectivity index (χ0n) is 11.1. The Kier molecular flexibility index (Phi) is 4.36. The summed E-state index contributed by atoms with van der Waals surface area (Å²) in [6.07, 6.45) is 5.14. The lowest BCUT2D eigenvalue weighted by Crippen LogP contribution is -2.51. The van der Waals surface area contributed by atoms with Crippen LogP contribution in [0.25, 0.3) is 0 Å². The van der Waals surface area contributed by atoms with Gasteiger partial charge in [-0.2, -0.15) is 0 Å². The van der Waals surface area contributed by atoms with Crippen molar-refractivity contribution in [3.8, 4) is 0 Å². The van der Waals surface area contributed by atoms with Crippen LogP contribution in [0.5, 0.6) is 0 Å². The van der Waals surface area contributed by atoms with Gasteiger partial charge in [0.2, 0.25) is 0 Å². The molecule has 1 aliphatic rings. The Labute approximate surface area is 98.9 Å². The van der Waals surface area contributed by atoms with Crippen molar-refractivity contribution in [2.75, 3.05) is 13.7 Å². The Morgan fingerprint density at radius 3 is 2.50 bits per heavy atom. The van der Waals surface area contributed by atoms with Crippen LogP contribution in [0.4, 0.5) is 0 Å². The highest BCUT2D eigenvalue weighted by Gasteiger charge is 2.41. The number of rotatable bonds is 3. The van der Waals surface area contributed by atoms with Crippen molar-refractivity contribution in [2.24, 2.45) is 5.41 Å². The van der Waals surface area contributed by atoms with Gasteiger partial charge in [0, 0.05) is 0 Å². The van der Waals surface area contributed by atoms with E-state index in [0.29, 0.717) is 12.0 Å². The molecule has 0 saturated heterocycles. The molecule has 0 radical (unpaired) electrons. The summed E-state index contributed by atoms with van der Waals surface area (Å²) >= 11 is 0. The van der Waals surface area contributed by atoms with Crippen molar-refractivity contribution in [3.63, 3.8) is 0 Å². The first-order valence-electron chi connectivity index (χ1n) is 6.32. The highest BCUT2D eigenvalue weighted by molar-refractivity contribution is 5.80. The van der Waals surface area contributed by atoms with Gasteiger partial charge in [0.15, 0.2) is 0 Å². The standard InChI is InChI=1S/C13H25NO2/c1-5-16-11(15)13(14-4)8-6-7-12(2,3)9-10-13/h14H,5-10H2,1-4H3. The molecule has 3 nitrogen and oxygen atoms in total. The van der Waals surface area contributed by atoms with Crippen LogP contribution >= 0.6 is 0 Å². The third-order valence-electron chi connectivity index (χ3n) is 3.83. The molecular weight excluding hydrogens is 202 g/mol. The van der Waals surface area contributed by atoms with E-state index in [9.17, 15) is 4.79 Å². The van der Waals surface area contributed by atoms with Gasteiger partial charge >= 0.3 is 5.97 Å². The third-order valence-corrected chi connectivity index (χ3v) is 3.83. The number of hydrogen-bond donors (Lipinski definition) is 1. The van der Waals surface area contributed by atoms with Gasteiger partial charge in [-0.05, 0) is 45.1 Å². The van der Waals surface area contributed by atoms with Gasteiger partial charge < -0.3 is 10.1 Å². The van der Waals surface area contributed by atoms with Crippen LogP contribution in [-0.2, 0) is 9.53 Å². The van der Waals surface area contributed by atoms with Crippen LogP contribution < -0.4 is 5.32 Å². The summed E-state index contributed by atoms with van der Waals surface area (Å²) in [5, 5.41) is 3.21. The predicted octanol–water partition coefficient (Wildman–Crippen LogP) is 2.50. The topological polar surface area (TPSA) is 38.3 Å². The van der Waals surface area contributed by atoms with E-state index in [1.807, 2.05) is 14.0 Å². The fourth-order valence-corrected chi connectivity index (χ4v) is 2.50. The summed E-state index contributed by atoms with van der Waals surface area (Å²) in [7, 11) is 1.87. The van der Waals surface area contributed by atoms with E-state index in [1.165, 1.54) is 6.42 Å². The molecule has 0 spiro atoms. The van der Waals surface area contributed by atoms with Crippen molar-refractivity contribution in [1.82, 2.24) is 5.32 Å². The van der Waals surface area contributed by atoms with E-state index >= 15 is 0 Å². The average Bonchev–Trinajstić information content (AvgIpc) is 2.38. The molecule has 0 aromatic heterocycles. The van der Waals surface area contributed by atoms with Crippen molar-refractivity contribution in [3.05, 3.63) is 0 Å². The fraction of sp³-hybridized carbons (Fsp3) is 0.923. The molecule has 0 amide bonds. The van der Waals surface area contributed by atoms with E-state index in [1.54, 1.807) is 0 Å². The van der Waals surface area contributed by atoms with Crippen molar-refractivity contribution in [1.29, 1.82) is 0 Å². The van der Waals surface area contributed by atoms with Crippen LogP contribution in [0.1, 0.15) is 52.9 Å². The van der Waals surface area contributed by atoms with E-state index < -0.39 is 5.54 Å². The minimum absolute atomic E-state index is 0.0739. The molecule has 0 heterocycles. The van der Waals surface area contributed by atoms with Gasteiger partial charge in [0.05, 0.1) is 6.61 Å². The number of nitrogens with one attached hydrogen (secondary N) is 1. The molecule has 1 saturated carbocycles. The summed E-state index contributed by atoms with van der Waals surface area (Å²) in [6.45, 7) is 6.89. The normalized spacial score (nSPS) is 29.5. The molecule has 94 valence electrons. The van der Waals surface area contributed by atoms with E-state index in [0.717, 1.165) is 25.7 Å². The molecule has 1 atom stereocenters.